The number of thiophene rings is 1. The lowest BCUT2D eigenvalue weighted by Crippen LogP contribution is -2.22. The van der Waals surface area contributed by atoms with Crippen molar-refractivity contribution in [3.8, 4) is 9.88 Å². The molecule has 0 saturated carbocycles. The van der Waals surface area contributed by atoms with E-state index < -0.39 is 0 Å². The van der Waals surface area contributed by atoms with E-state index in [1.807, 2.05) is 49.6 Å². The zero-order chi connectivity index (χ0) is 15.5. The fourth-order valence-electron chi connectivity index (χ4n) is 2.15. The minimum atomic E-state index is -0.0471. The largest absolute Gasteiger partial charge is 0.347 e. The second kappa shape index (κ2) is 6.42. The molecule has 0 spiro atoms. The van der Waals surface area contributed by atoms with Gasteiger partial charge in [-0.05, 0) is 37.4 Å². The molecule has 2 aromatic heterocycles. The first-order chi connectivity index (χ1) is 10.6. The van der Waals surface area contributed by atoms with Gasteiger partial charge in [-0.15, -0.1) is 22.7 Å². The van der Waals surface area contributed by atoms with Crippen LogP contribution in [0, 0.1) is 13.8 Å². The fraction of sp³-hybridized carbons (Fsp3) is 0.176. The highest BCUT2D eigenvalue weighted by Crippen LogP contribution is 2.30. The Morgan fingerprint density at radius 1 is 1.23 bits per heavy atom. The molecular weight excluding hydrogens is 312 g/mol. The molecule has 112 valence electrons. The Kier molecular flexibility index (Phi) is 4.36. The monoisotopic (exact) mass is 328 g/mol. The average molecular weight is 328 g/mol. The second-order valence-corrected chi connectivity index (χ2v) is 7.09. The molecule has 0 saturated heterocycles. The lowest BCUT2D eigenvalue weighted by Gasteiger charge is -2.04. The SMILES string of the molecule is Cc1cccc(C(=O)NCc2sc(-c3cccs3)nc2C)c1. The van der Waals surface area contributed by atoms with Crippen LogP contribution in [0.5, 0.6) is 0 Å². The molecule has 0 aliphatic carbocycles. The van der Waals surface area contributed by atoms with Crippen molar-refractivity contribution in [1.82, 2.24) is 10.3 Å². The summed E-state index contributed by atoms with van der Waals surface area (Å²) in [6, 6.07) is 11.7. The maximum absolute atomic E-state index is 12.2. The third-order valence-electron chi connectivity index (χ3n) is 3.31. The third-order valence-corrected chi connectivity index (χ3v) is 5.51. The molecule has 0 fully saturated rings. The number of amides is 1. The Labute approximate surface area is 137 Å². The topological polar surface area (TPSA) is 42.0 Å². The van der Waals surface area contributed by atoms with E-state index in [-0.39, 0.29) is 5.91 Å². The zero-order valence-corrected chi connectivity index (χ0v) is 14.1. The molecule has 0 aliphatic rings. The first-order valence-corrected chi connectivity index (χ1v) is 8.68. The molecule has 3 nitrogen and oxygen atoms in total. The van der Waals surface area contributed by atoms with E-state index in [0.717, 1.165) is 21.1 Å². The van der Waals surface area contributed by atoms with Crippen molar-refractivity contribution < 1.29 is 4.79 Å². The molecule has 0 unspecified atom stereocenters. The molecule has 3 rings (SSSR count). The van der Waals surface area contributed by atoms with Gasteiger partial charge in [0.15, 0.2) is 0 Å². The average Bonchev–Trinajstić information content (AvgIpc) is 3.14. The van der Waals surface area contributed by atoms with E-state index in [2.05, 4.69) is 16.4 Å². The van der Waals surface area contributed by atoms with Crippen LogP contribution < -0.4 is 5.32 Å². The first kappa shape index (κ1) is 14.9. The number of rotatable bonds is 4. The van der Waals surface area contributed by atoms with E-state index in [9.17, 15) is 4.79 Å². The van der Waals surface area contributed by atoms with Crippen LogP contribution in [0.3, 0.4) is 0 Å². The number of nitrogens with zero attached hydrogens (tertiary/aromatic N) is 1. The molecule has 1 aromatic carbocycles. The number of aryl methyl sites for hydroxylation is 2. The Morgan fingerprint density at radius 2 is 2.09 bits per heavy atom. The van der Waals surface area contributed by atoms with Crippen molar-refractivity contribution in [3.63, 3.8) is 0 Å². The van der Waals surface area contributed by atoms with Crippen molar-refractivity contribution >= 4 is 28.6 Å². The smallest absolute Gasteiger partial charge is 0.251 e. The van der Waals surface area contributed by atoms with Crippen LogP contribution >= 0.6 is 22.7 Å². The summed E-state index contributed by atoms with van der Waals surface area (Å²) in [6.45, 7) is 4.49. The van der Waals surface area contributed by atoms with E-state index in [1.54, 1.807) is 22.7 Å². The summed E-state index contributed by atoms with van der Waals surface area (Å²) in [5, 5.41) is 6.04. The fourth-order valence-corrected chi connectivity index (χ4v) is 3.95. The summed E-state index contributed by atoms with van der Waals surface area (Å²) in [7, 11) is 0. The van der Waals surface area contributed by atoms with Gasteiger partial charge >= 0.3 is 0 Å². The Hall–Kier alpha value is -1.98. The van der Waals surface area contributed by atoms with Gasteiger partial charge in [0, 0.05) is 10.4 Å². The van der Waals surface area contributed by atoms with Crippen molar-refractivity contribution in [2.75, 3.05) is 0 Å². The minimum Gasteiger partial charge on any atom is -0.347 e. The van der Waals surface area contributed by atoms with E-state index in [0.29, 0.717) is 12.1 Å². The molecule has 1 amide bonds. The zero-order valence-electron chi connectivity index (χ0n) is 12.4. The summed E-state index contributed by atoms with van der Waals surface area (Å²) in [4.78, 5) is 19.1. The number of aromatic nitrogens is 1. The molecule has 0 bridgehead atoms. The highest BCUT2D eigenvalue weighted by atomic mass is 32.1. The standard InChI is InChI=1S/C17H16N2OS2/c1-11-5-3-6-13(9-11)16(20)18-10-15-12(2)19-17(22-15)14-7-4-8-21-14/h3-9H,10H2,1-2H3,(H,18,20). The van der Waals surface area contributed by atoms with E-state index in [1.165, 1.54) is 4.88 Å². The van der Waals surface area contributed by atoms with Gasteiger partial charge < -0.3 is 5.32 Å². The maximum atomic E-state index is 12.2. The number of thiazole rings is 1. The van der Waals surface area contributed by atoms with Crippen molar-refractivity contribution in [1.29, 1.82) is 0 Å². The number of nitrogens with one attached hydrogen (secondary N) is 1. The molecule has 1 N–H and O–H groups in total. The highest BCUT2D eigenvalue weighted by Gasteiger charge is 2.12. The van der Waals surface area contributed by atoms with Gasteiger partial charge in [0.05, 0.1) is 17.1 Å². The third kappa shape index (κ3) is 3.26. The lowest BCUT2D eigenvalue weighted by molar-refractivity contribution is 0.0951. The van der Waals surface area contributed by atoms with Crippen LogP contribution in [-0.4, -0.2) is 10.9 Å². The Morgan fingerprint density at radius 3 is 2.82 bits per heavy atom. The summed E-state index contributed by atoms with van der Waals surface area (Å²) >= 11 is 3.32. The molecule has 0 radical (unpaired) electrons. The van der Waals surface area contributed by atoms with Crippen molar-refractivity contribution in [2.45, 2.75) is 20.4 Å². The molecule has 22 heavy (non-hydrogen) atoms. The van der Waals surface area contributed by atoms with Crippen LogP contribution in [0.1, 0.15) is 26.5 Å². The van der Waals surface area contributed by atoms with Crippen LogP contribution in [0.15, 0.2) is 41.8 Å². The van der Waals surface area contributed by atoms with E-state index in [4.69, 9.17) is 0 Å². The molecule has 3 aromatic rings. The van der Waals surface area contributed by atoms with Gasteiger partial charge in [-0.1, -0.05) is 23.8 Å². The predicted octanol–water partition coefficient (Wildman–Crippen LogP) is 4.42. The Balaban J connectivity index is 1.70. The summed E-state index contributed by atoms with van der Waals surface area (Å²) in [6.07, 6.45) is 0. The predicted molar refractivity (Wildman–Crippen MR) is 92.5 cm³/mol. The number of hydrogen-bond acceptors (Lipinski definition) is 4. The lowest BCUT2D eigenvalue weighted by atomic mass is 10.1. The van der Waals surface area contributed by atoms with Gasteiger partial charge in [0.25, 0.3) is 5.91 Å². The molecule has 0 atom stereocenters. The summed E-state index contributed by atoms with van der Waals surface area (Å²) in [5.74, 6) is -0.0471. The number of carbonyl (C=O) groups excluding carboxylic acids is 1. The van der Waals surface area contributed by atoms with Gasteiger partial charge in [0.1, 0.15) is 5.01 Å². The van der Waals surface area contributed by atoms with Crippen LogP contribution in [0.25, 0.3) is 9.88 Å². The normalized spacial score (nSPS) is 10.6. The van der Waals surface area contributed by atoms with Crippen molar-refractivity contribution in [3.05, 3.63) is 63.5 Å². The second-order valence-electron chi connectivity index (χ2n) is 5.06. The maximum Gasteiger partial charge on any atom is 0.251 e. The molecule has 0 aliphatic heterocycles. The van der Waals surface area contributed by atoms with Gasteiger partial charge in [-0.2, -0.15) is 0 Å². The molecule has 2 heterocycles. The first-order valence-electron chi connectivity index (χ1n) is 6.98. The van der Waals surface area contributed by atoms with Crippen LogP contribution in [-0.2, 0) is 6.54 Å². The number of carbonyl (C=O) groups is 1. The number of hydrogen-bond donors (Lipinski definition) is 1. The van der Waals surface area contributed by atoms with Crippen molar-refractivity contribution in [2.24, 2.45) is 0 Å². The Bertz CT molecular complexity index is 791. The van der Waals surface area contributed by atoms with Crippen LogP contribution in [0.2, 0.25) is 0 Å². The van der Waals surface area contributed by atoms with Gasteiger partial charge in [-0.25, -0.2) is 4.98 Å². The van der Waals surface area contributed by atoms with Gasteiger partial charge in [0.2, 0.25) is 0 Å². The van der Waals surface area contributed by atoms with Gasteiger partial charge in [-0.3, -0.25) is 4.79 Å². The highest BCUT2D eigenvalue weighted by molar-refractivity contribution is 7.21. The quantitative estimate of drug-likeness (QED) is 0.770. The summed E-state index contributed by atoms with van der Waals surface area (Å²) < 4.78 is 0. The summed E-state index contributed by atoms with van der Waals surface area (Å²) in [5.41, 5.74) is 2.76. The van der Waals surface area contributed by atoms with E-state index >= 15 is 0 Å². The minimum absolute atomic E-state index is 0.0471. The molecule has 5 heteroatoms. The molecular formula is C17H16N2OS2. The van der Waals surface area contributed by atoms with Crippen LogP contribution in [0.4, 0.5) is 0 Å². The number of benzene rings is 1.